The second kappa shape index (κ2) is 9.83. The fourth-order valence-corrected chi connectivity index (χ4v) is 8.29. The van der Waals surface area contributed by atoms with Gasteiger partial charge >= 0.3 is 0 Å². The van der Waals surface area contributed by atoms with Gasteiger partial charge in [0.05, 0.1) is 26.9 Å². The minimum Gasteiger partial charge on any atom is -0.278 e. The molecule has 0 aliphatic heterocycles. The van der Waals surface area contributed by atoms with Crippen LogP contribution in [-0.2, 0) is 0 Å². The molecule has 7 aromatic carbocycles. The molecule has 10 rings (SSSR count). The predicted molar refractivity (Wildman–Crippen MR) is 195 cm³/mol. The van der Waals surface area contributed by atoms with E-state index < -0.39 is 0 Å². The van der Waals surface area contributed by atoms with E-state index in [1.165, 1.54) is 48.1 Å². The van der Waals surface area contributed by atoms with Crippen molar-refractivity contribution in [3.63, 3.8) is 0 Å². The van der Waals surface area contributed by atoms with Gasteiger partial charge in [0.15, 0.2) is 0 Å². The molecule has 0 bridgehead atoms. The summed E-state index contributed by atoms with van der Waals surface area (Å²) >= 11 is 1.78. The van der Waals surface area contributed by atoms with Gasteiger partial charge in [-0.3, -0.25) is 4.57 Å². The summed E-state index contributed by atoms with van der Waals surface area (Å²) in [6.45, 7) is 0. The summed E-state index contributed by atoms with van der Waals surface area (Å²) < 4.78 is 4.60. The highest BCUT2D eigenvalue weighted by Crippen LogP contribution is 2.44. The lowest BCUT2D eigenvalue weighted by atomic mass is 9.97. The van der Waals surface area contributed by atoms with E-state index in [2.05, 4.69) is 156 Å². The van der Waals surface area contributed by atoms with Gasteiger partial charge in [0, 0.05) is 26.4 Å². The largest absolute Gasteiger partial charge is 0.278 e. The van der Waals surface area contributed by atoms with Crippen LogP contribution in [0.2, 0.25) is 0 Å². The van der Waals surface area contributed by atoms with Crippen LogP contribution in [0, 0.1) is 0 Å². The molecule has 3 heterocycles. The van der Waals surface area contributed by atoms with Gasteiger partial charge in [-0.15, -0.1) is 11.3 Å². The summed E-state index contributed by atoms with van der Waals surface area (Å²) in [5, 5.41) is 8.49. The zero-order valence-electron chi connectivity index (χ0n) is 24.7. The van der Waals surface area contributed by atoms with E-state index in [1.54, 1.807) is 11.3 Å². The maximum absolute atomic E-state index is 5.44. The molecule has 3 nitrogen and oxygen atoms in total. The molecule has 0 spiro atoms. The van der Waals surface area contributed by atoms with Crippen molar-refractivity contribution in [1.82, 2.24) is 14.5 Å². The highest BCUT2D eigenvalue weighted by atomic mass is 32.1. The molecular weight excluding hydrogens is 579 g/mol. The molecule has 3 aromatic heterocycles. The molecule has 10 aromatic rings. The van der Waals surface area contributed by atoms with Gasteiger partial charge in [-0.2, -0.15) is 0 Å². The van der Waals surface area contributed by atoms with Gasteiger partial charge in [0.25, 0.3) is 0 Å². The molecule has 0 radical (unpaired) electrons. The highest BCUT2D eigenvalue weighted by molar-refractivity contribution is 7.26. The van der Waals surface area contributed by atoms with Crippen LogP contribution in [0.3, 0.4) is 0 Å². The second-order valence-corrected chi connectivity index (χ2v) is 12.8. The van der Waals surface area contributed by atoms with E-state index in [4.69, 9.17) is 9.97 Å². The Hall–Kier alpha value is -5.84. The average Bonchev–Trinajstić information content (AvgIpc) is 3.66. The fraction of sp³-hybridized carbons (Fsp3) is 0. The summed E-state index contributed by atoms with van der Waals surface area (Å²) in [5.41, 5.74) is 7.62. The molecule has 0 atom stereocenters. The Bertz CT molecular complexity index is 2790. The van der Waals surface area contributed by atoms with Crippen molar-refractivity contribution in [2.24, 2.45) is 0 Å². The van der Waals surface area contributed by atoms with Gasteiger partial charge in [-0.25, -0.2) is 9.97 Å². The zero-order chi connectivity index (χ0) is 30.2. The summed E-state index contributed by atoms with van der Waals surface area (Å²) in [7, 11) is 0. The second-order valence-electron chi connectivity index (χ2n) is 11.8. The lowest BCUT2D eigenvalue weighted by Crippen LogP contribution is -2.02. The van der Waals surface area contributed by atoms with Crippen molar-refractivity contribution in [2.75, 3.05) is 0 Å². The third-order valence-electron chi connectivity index (χ3n) is 9.18. The van der Waals surface area contributed by atoms with Crippen LogP contribution in [0.25, 0.3) is 92.0 Å². The molecule has 214 valence electrons. The fourth-order valence-electron chi connectivity index (χ4n) is 7.11. The molecule has 0 saturated heterocycles. The smallest absolute Gasteiger partial charge is 0.235 e. The van der Waals surface area contributed by atoms with E-state index in [9.17, 15) is 0 Å². The van der Waals surface area contributed by atoms with Crippen molar-refractivity contribution < 1.29 is 0 Å². The maximum atomic E-state index is 5.44. The first-order valence-electron chi connectivity index (χ1n) is 15.5. The monoisotopic (exact) mass is 603 g/mol. The van der Waals surface area contributed by atoms with Crippen LogP contribution in [0.1, 0.15) is 0 Å². The number of rotatable bonds is 3. The van der Waals surface area contributed by atoms with Crippen LogP contribution < -0.4 is 0 Å². The normalized spacial score (nSPS) is 11.9. The molecule has 0 saturated carbocycles. The van der Waals surface area contributed by atoms with E-state index >= 15 is 0 Å². The number of hydrogen-bond donors (Lipinski definition) is 0. The Morgan fingerprint density at radius 3 is 1.96 bits per heavy atom. The van der Waals surface area contributed by atoms with E-state index in [-0.39, 0.29) is 0 Å². The minimum atomic E-state index is 0.680. The van der Waals surface area contributed by atoms with Crippen molar-refractivity contribution in [3.05, 3.63) is 152 Å². The molecule has 0 aliphatic rings. The van der Waals surface area contributed by atoms with Crippen LogP contribution in [0.5, 0.6) is 0 Å². The standard InChI is InChI=1S/C42H25N3S/c1-3-12-26(13-4-1)32-20-11-21-34-37(32)38-31-19-10-9-14-27(31)22-23-35(38)45(34)42-43-39(28-15-5-2-6-16-28)41-40(44-42)33-24-29-17-7-8-18-30(29)25-36(33)46-41/h1-25H. The van der Waals surface area contributed by atoms with Gasteiger partial charge in [-0.05, 0) is 56.9 Å². The summed E-state index contributed by atoms with van der Waals surface area (Å²) in [4.78, 5) is 10.9. The zero-order valence-corrected chi connectivity index (χ0v) is 25.5. The van der Waals surface area contributed by atoms with Crippen LogP contribution in [-0.4, -0.2) is 14.5 Å². The summed E-state index contributed by atoms with van der Waals surface area (Å²) in [5.74, 6) is 0.680. The molecule has 0 aliphatic carbocycles. The Balaban J connectivity index is 1.38. The third kappa shape index (κ3) is 3.71. The van der Waals surface area contributed by atoms with E-state index in [0.29, 0.717) is 5.95 Å². The third-order valence-corrected chi connectivity index (χ3v) is 10.3. The average molecular weight is 604 g/mol. The van der Waals surface area contributed by atoms with Crippen molar-refractivity contribution in [2.45, 2.75) is 0 Å². The van der Waals surface area contributed by atoms with E-state index in [1.807, 2.05) is 0 Å². The van der Waals surface area contributed by atoms with Crippen molar-refractivity contribution in [3.8, 4) is 28.3 Å². The minimum absolute atomic E-state index is 0.680. The van der Waals surface area contributed by atoms with Crippen molar-refractivity contribution >= 4 is 75.0 Å². The molecule has 4 heteroatoms. The first-order chi connectivity index (χ1) is 22.8. The number of nitrogens with zero attached hydrogens (tertiary/aromatic N) is 3. The summed E-state index contributed by atoms with van der Waals surface area (Å²) in [6, 6.07) is 54.1. The molecule has 0 unspecified atom stereocenters. The molecular formula is C42H25N3S. The Labute approximate surface area is 268 Å². The lowest BCUT2D eigenvalue weighted by Gasteiger charge is -2.10. The highest BCUT2D eigenvalue weighted by Gasteiger charge is 2.22. The van der Waals surface area contributed by atoms with Gasteiger partial charge in [-0.1, -0.05) is 127 Å². The van der Waals surface area contributed by atoms with Crippen LogP contribution in [0.4, 0.5) is 0 Å². The lowest BCUT2D eigenvalue weighted by molar-refractivity contribution is 1.02. The molecule has 0 fully saturated rings. The number of fused-ring (bicyclic) bond motifs is 9. The van der Waals surface area contributed by atoms with E-state index in [0.717, 1.165) is 37.9 Å². The number of aromatic nitrogens is 3. The number of hydrogen-bond acceptors (Lipinski definition) is 3. The van der Waals surface area contributed by atoms with Gasteiger partial charge in [0.2, 0.25) is 5.95 Å². The quantitative estimate of drug-likeness (QED) is 0.201. The molecule has 0 N–H and O–H groups in total. The van der Waals surface area contributed by atoms with Crippen LogP contribution in [0.15, 0.2) is 152 Å². The topological polar surface area (TPSA) is 30.7 Å². The number of thiophene rings is 1. The Morgan fingerprint density at radius 1 is 0.478 bits per heavy atom. The predicted octanol–water partition coefficient (Wildman–Crippen LogP) is 11.6. The Kier molecular flexibility index (Phi) is 5.45. The van der Waals surface area contributed by atoms with Crippen LogP contribution >= 0.6 is 11.3 Å². The SMILES string of the molecule is c1ccc(-c2nc(-n3c4cccc(-c5ccccc5)c4c4c5ccccc5ccc43)nc3c2sc2cc4ccccc4cc23)cc1. The first-order valence-corrected chi connectivity index (χ1v) is 16.3. The maximum Gasteiger partial charge on any atom is 0.235 e. The summed E-state index contributed by atoms with van der Waals surface area (Å²) in [6.07, 6.45) is 0. The number of benzene rings is 7. The molecule has 0 amide bonds. The van der Waals surface area contributed by atoms with Crippen molar-refractivity contribution in [1.29, 1.82) is 0 Å². The first kappa shape index (κ1) is 25.5. The van der Waals surface area contributed by atoms with Gasteiger partial charge in [0.1, 0.15) is 0 Å². The molecule has 46 heavy (non-hydrogen) atoms. The van der Waals surface area contributed by atoms with Gasteiger partial charge < -0.3 is 0 Å². The Morgan fingerprint density at radius 2 is 1.15 bits per heavy atom.